The summed E-state index contributed by atoms with van der Waals surface area (Å²) in [5.74, 6) is -43.5. The third-order valence-corrected chi connectivity index (χ3v) is 13.6. The van der Waals surface area contributed by atoms with Gasteiger partial charge in [0.1, 0.15) is 0 Å². The Labute approximate surface area is 199 Å². The van der Waals surface area contributed by atoms with Gasteiger partial charge in [-0.15, -0.1) is 0 Å². The van der Waals surface area contributed by atoms with Gasteiger partial charge in [-0.05, 0) is 0 Å². The first-order valence-electron chi connectivity index (χ1n) is 9.74. The summed E-state index contributed by atoms with van der Waals surface area (Å²) in [6.45, 7) is 0. The van der Waals surface area contributed by atoms with E-state index in [-0.39, 0.29) is 0 Å². The van der Waals surface area contributed by atoms with Crippen molar-refractivity contribution in [3.8, 4) is 0 Å². The van der Waals surface area contributed by atoms with Gasteiger partial charge in [0.05, 0.1) is 0 Å². The molecule has 0 aromatic rings. The summed E-state index contributed by atoms with van der Waals surface area (Å²) >= 11 is -15.2. The molecule has 1 atom stereocenters. The monoisotopic (exact) mass is 733 g/mol. The topological polar surface area (TPSA) is 0 Å². The fraction of sp³-hybridized carbons (Fsp3) is 1.00. The van der Waals surface area contributed by atoms with Crippen molar-refractivity contribution in [1.29, 1.82) is 0 Å². The Hall–Kier alpha value is -0.740. The van der Waals surface area contributed by atoms with E-state index in [1.807, 2.05) is 0 Å². The van der Waals surface area contributed by atoms with Crippen LogP contribution in [-0.2, 0) is 0 Å². The molecule has 1 unspecified atom stereocenters. The van der Waals surface area contributed by atoms with Crippen LogP contribution in [0.5, 0.6) is 0 Å². The van der Waals surface area contributed by atoms with Crippen molar-refractivity contribution in [2.75, 3.05) is 0 Å². The summed E-state index contributed by atoms with van der Waals surface area (Å²) in [5.41, 5.74) is 0. The zero-order valence-electron chi connectivity index (χ0n) is 17.8. The molecule has 1 aliphatic carbocycles. The van der Waals surface area contributed by atoms with Gasteiger partial charge >= 0.3 is 199 Å². The van der Waals surface area contributed by atoms with Crippen LogP contribution in [0.1, 0.15) is 44.9 Å². The van der Waals surface area contributed by atoms with E-state index in [4.69, 9.17) is 0 Å². The normalized spacial score (nSPS) is 26.8. The summed E-state index contributed by atoms with van der Waals surface area (Å²) in [4.78, 5) is 0. The Morgan fingerprint density at radius 3 is 1.18 bits per heavy atom. The second-order valence-electron chi connectivity index (χ2n) is 8.37. The van der Waals surface area contributed by atoms with Gasteiger partial charge in [-0.2, -0.15) is 0 Å². The van der Waals surface area contributed by atoms with Crippen LogP contribution in [0, 0.1) is 0 Å². The van der Waals surface area contributed by atoms with E-state index in [2.05, 4.69) is 0 Å². The van der Waals surface area contributed by atoms with Gasteiger partial charge in [0.2, 0.25) is 0 Å². The zero-order chi connectivity index (χ0) is 30.9. The van der Waals surface area contributed by atoms with Crippen molar-refractivity contribution in [3.05, 3.63) is 0 Å². The molecule has 1 rings (SSSR count). The van der Waals surface area contributed by atoms with Crippen LogP contribution in [-0.4, -0.2) is 49.6 Å². The Bertz CT molecular complexity index is 850. The number of hydrogen-bond acceptors (Lipinski definition) is 0. The van der Waals surface area contributed by atoms with Gasteiger partial charge in [-0.3, -0.25) is 0 Å². The van der Waals surface area contributed by atoms with Crippen molar-refractivity contribution in [1.82, 2.24) is 0 Å². The third kappa shape index (κ3) is 4.12. The van der Waals surface area contributed by atoms with Crippen molar-refractivity contribution < 1.29 is 104 Å². The second kappa shape index (κ2) is 8.63. The summed E-state index contributed by atoms with van der Waals surface area (Å²) in [6.07, 6.45) is -17.5. The maximum atomic E-state index is 14.5. The SMILES string of the molecule is FC(CCCCCCCC(F)(F)F)C(F)(F)[I+](F)(F)(F)(F)C1(F)C(F)(F)C(F)(F)C(F)(F)C(F)(F)C1(F)F. The fourth-order valence-electron chi connectivity index (χ4n) is 3.42. The molecule has 0 nitrogen and oxygen atoms in total. The van der Waals surface area contributed by atoms with Gasteiger partial charge < -0.3 is 0 Å². The summed E-state index contributed by atoms with van der Waals surface area (Å²) in [5, 5.41) is 0. The number of halogens is 22. The predicted molar refractivity (Wildman–Crippen MR) is 81.2 cm³/mol. The second-order valence-corrected chi connectivity index (χ2v) is 16.9. The van der Waals surface area contributed by atoms with Crippen LogP contribution in [0.2, 0.25) is 0 Å². The van der Waals surface area contributed by atoms with Crippen LogP contribution >= 0.6 is 0 Å². The first-order valence-corrected chi connectivity index (χ1v) is 15.2. The van der Waals surface area contributed by atoms with Crippen molar-refractivity contribution in [3.63, 3.8) is 0 Å². The van der Waals surface area contributed by atoms with Crippen molar-refractivity contribution in [2.24, 2.45) is 0 Å². The molecule has 0 saturated heterocycles. The molecule has 22 heteroatoms. The number of rotatable bonds is 10. The van der Waals surface area contributed by atoms with Gasteiger partial charge in [0.25, 0.3) is 0 Å². The Balaban J connectivity index is 3.52. The molecular formula is C16H15F21I+. The van der Waals surface area contributed by atoms with Crippen LogP contribution < -0.4 is 18.0 Å². The van der Waals surface area contributed by atoms with E-state index in [0.29, 0.717) is 0 Å². The van der Waals surface area contributed by atoms with E-state index in [1.54, 1.807) is 0 Å². The summed E-state index contributed by atoms with van der Waals surface area (Å²) in [6, 6.07) is 0. The predicted octanol–water partition coefficient (Wildman–Crippen LogP) is 6.84. The number of unbranched alkanes of at least 4 members (excludes halogenated alkanes) is 4. The maximum absolute atomic E-state index is 15.2. The number of hydrogen-bond donors (Lipinski definition) is 0. The van der Waals surface area contributed by atoms with Gasteiger partial charge in [0.15, 0.2) is 0 Å². The molecule has 0 amide bonds. The molecule has 0 heterocycles. The Morgan fingerprint density at radius 1 is 0.500 bits per heavy atom. The Kier molecular flexibility index (Phi) is 8.02. The van der Waals surface area contributed by atoms with Crippen LogP contribution in [0.3, 0.4) is 0 Å². The molecule has 1 aliphatic rings. The number of alkyl halides is 19. The molecule has 0 aromatic carbocycles. The minimum atomic E-state index is -15.2. The quantitative estimate of drug-likeness (QED) is 0.100. The molecule has 0 aliphatic heterocycles. The molecule has 0 radical (unpaired) electrons. The molecule has 0 spiro atoms. The molecule has 1 saturated carbocycles. The standard InChI is InChI=1S/C16H15F21I/c17-8(6-4-2-1-3-5-7-9(18,19)20)10(21,22)38(34,35,36,37)16(33)14(29,30)12(25,26)11(23,24)13(27,28)15(16,31)32/h8H,1-7H2/q+1. The van der Waals surface area contributed by atoms with Gasteiger partial charge in [-0.1, -0.05) is 0 Å². The summed E-state index contributed by atoms with van der Waals surface area (Å²) < 4.78 is 266. The molecule has 0 aromatic heterocycles. The Morgan fingerprint density at radius 2 is 0.816 bits per heavy atom. The molecule has 38 heavy (non-hydrogen) atoms. The average molecular weight is 733 g/mol. The first-order chi connectivity index (χ1) is 16.2. The van der Waals surface area contributed by atoms with Gasteiger partial charge in [-0.25, -0.2) is 0 Å². The average Bonchev–Trinajstić information content (AvgIpc) is 2.68. The van der Waals surface area contributed by atoms with Crippen molar-refractivity contribution in [2.45, 2.75) is 94.5 Å². The van der Waals surface area contributed by atoms with Crippen LogP contribution in [0.15, 0.2) is 0 Å². The molecular weight excluding hydrogens is 718 g/mol. The van der Waals surface area contributed by atoms with Crippen LogP contribution in [0.25, 0.3) is 0 Å². The molecule has 232 valence electrons. The fourth-order valence-corrected chi connectivity index (χ4v) is 9.48. The summed E-state index contributed by atoms with van der Waals surface area (Å²) in [7, 11) is 0. The molecule has 1 fully saturated rings. The van der Waals surface area contributed by atoms with Gasteiger partial charge in [0, 0.05) is 0 Å². The van der Waals surface area contributed by atoms with E-state index in [9.17, 15) is 86.1 Å². The van der Waals surface area contributed by atoms with Crippen LogP contribution in [0.4, 0.5) is 86.1 Å². The minimum absolute atomic E-state index is 0.417. The van der Waals surface area contributed by atoms with E-state index in [0.717, 1.165) is 0 Å². The van der Waals surface area contributed by atoms with E-state index in [1.165, 1.54) is 0 Å². The molecule has 0 bridgehead atoms. The van der Waals surface area contributed by atoms with E-state index < -0.39 is 112 Å². The van der Waals surface area contributed by atoms with Crippen molar-refractivity contribution >= 4 is 0 Å². The zero-order valence-corrected chi connectivity index (χ0v) is 20.0. The third-order valence-electron chi connectivity index (χ3n) is 5.67. The molecule has 0 N–H and O–H groups in total. The first kappa shape index (κ1) is 35.3. The van der Waals surface area contributed by atoms with E-state index >= 15 is 0 Å².